The van der Waals surface area contributed by atoms with Gasteiger partial charge in [-0.05, 0) is 70.8 Å². The first-order valence-electron chi connectivity index (χ1n) is 13.1. The van der Waals surface area contributed by atoms with Crippen LogP contribution in [0.15, 0.2) is 16.9 Å². The molecule has 0 radical (unpaired) electrons. The number of hydrogen-bond donors (Lipinski definition) is 4. The minimum atomic E-state index is -4.18. The Morgan fingerprint density at radius 2 is 1.82 bits per heavy atom. The number of nitrogens with zero attached hydrogens (tertiary/aromatic N) is 2. The van der Waals surface area contributed by atoms with E-state index in [1.807, 2.05) is 40.8 Å². The van der Waals surface area contributed by atoms with Gasteiger partial charge in [0.15, 0.2) is 0 Å². The van der Waals surface area contributed by atoms with E-state index in [0.717, 1.165) is 34.4 Å². The fourth-order valence-electron chi connectivity index (χ4n) is 5.17. The minimum Gasteiger partial charge on any atom is -0.388 e. The lowest BCUT2D eigenvalue weighted by Crippen LogP contribution is -2.47. The van der Waals surface area contributed by atoms with E-state index in [1.165, 1.54) is 11.1 Å². The van der Waals surface area contributed by atoms with Gasteiger partial charge in [0.2, 0.25) is 0 Å². The summed E-state index contributed by atoms with van der Waals surface area (Å²) in [4.78, 5) is 29.2. The third kappa shape index (κ3) is 8.40. The van der Waals surface area contributed by atoms with Crippen molar-refractivity contribution in [2.45, 2.75) is 59.3 Å². The normalized spacial score (nSPS) is 14.4. The number of H-pyrrole nitrogens is 1. The number of benzene rings is 1. The van der Waals surface area contributed by atoms with Crippen LogP contribution < -0.4 is 21.1 Å². The summed E-state index contributed by atoms with van der Waals surface area (Å²) in [6, 6.07) is 3.78. The van der Waals surface area contributed by atoms with Crippen molar-refractivity contribution in [2.24, 2.45) is 0 Å². The van der Waals surface area contributed by atoms with Crippen LogP contribution in [0.3, 0.4) is 0 Å². The molecule has 39 heavy (non-hydrogen) atoms. The number of carbonyl (C=O) groups is 1. The molecule has 1 aromatic heterocycles. The molecule has 11 heteroatoms. The molecule has 4 N–H and O–H groups in total. The highest BCUT2D eigenvalue weighted by Gasteiger charge is 2.34. The number of piperidine rings is 1. The predicted molar refractivity (Wildman–Crippen MR) is 152 cm³/mol. The van der Waals surface area contributed by atoms with Crippen molar-refractivity contribution in [1.29, 1.82) is 5.41 Å². The third-order valence-corrected chi connectivity index (χ3v) is 7.05. The van der Waals surface area contributed by atoms with Crippen LogP contribution in [-0.4, -0.2) is 74.9 Å². The molecule has 8 nitrogen and oxygen atoms in total. The van der Waals surface area contributed by atoms with Crippen LogP contribution in [-0.2, 0) is 6.54 Å². The topological polar surface area (TPSA) is 104 Å². The second-order valence-corrected chi connectivity index (χ2v) is 9.79. The van der Waals surface area contributed by atoms with Gasteiger partial charge in [-0.3, -0.25) is 14.5 Å². The first-order chi connectivity index (χ1) is 18.4. The Labute approximate surface area is 228 Å². The van der Waals surface area contributed by atoms with E-state index >= 15 is 0 Å². The van der Waals surface area contributed by atoms with Crippen molar-refractivity contribution < 1.29 is 18.0 Å². The van der Waals surface area contributed by atoms with Crippen molar-refractivity contribution in [1.82, 2.24) is 15.2 Å². The van der Waals surface area contributed by atoms with Gasteiger partial charge in [0, 0.05) is 73.6 Å². The van der Waals surface area contributed by atoms with Gasteiger partial charge in [-0.2, -0.15) is 13.2 Å². The number of anilines is 2. The molecule has 1 aromatic carbocycles. The highest BCUT2D eigenvalue weighted by atomic mass is 19.4. The number of aryl methyl sites for hydroxylation is 2. The first kappa shape index (κ1) is 32.0. The van der Waals surface area contributed by atoms with Gasteiger partial charge in [0.05, 0.1) is 12.2 Å². The fourth-order valence-corrected chi connectivity index (χ4v) is 5.17. The lowest BCUT2D eigenvalue weighted by atomic mass is 9.95. The predicted octanol–water partition coefficient (Wildman–Crippen LogP) is 4.41. The van der Waals surface area contributed by atoms with Gasteiger partial charge in [0.1, 0.15) is 6.29 Å². The molecule has 2 aromatic rings. The molecule has 1 saturated heterocycles. The van der Waals surface area contributed by atoms with Gasteiger partial charge in [-0.25, -0.2) is 0 Å². The zero-order chi connectivity index (χ0) is 29.3. The standard InChI is InChI=1S/C19H27F3N4O.C9H14N2O/c1-4-26(15-5-7-25(8-6-15)12-19(20,21)22)18-13(2)14(11-27)9-17(24-3)16(18)10-23;1-6-4-7(2)11-9(12)8(6)5-10-3/h9-11,15,23-24H,4-8,12H2,1-3H3;4,10H,5H2,1-3H3,(H,11,12). The fraction of sp³-hybridized carbons (Fsp3) is 0.536. The molecular formula is C28H41F3N6O2. The van der Waals surface area contributed by atoms with Crippen LogP contribution in [0, 0.1) is 26.2 Å². The summed E-state index contributed by atoms with van der Waals surface area (Å²) >= 11 is 0. The Bertz CT molecular complexity index is 1190. The Balaban J connectivity index is 0.000000370. The molecule has 216 valence electrons. The number of pyridine rings is 1. The van der Waals surface area contributed by atoms with Gasteiger partial charge >= 0.3 is 6.18 Å². The van der Waals surface area contributed by atoms with Crippen LogP contribution in [0.4, 0.5) is 24.5 Å². The van der Waals surface area contributed by atoms with Crippen molar-refractivity contribution >= 4 is 23.9 Å². The van der Waals surface area contributed by atoms with Gasteiger partial charge in [-0.15, -0.1) is 0 Å². The summed E-state index contributed by atoms with van der Waals surface area (Å²) in [6.07, 6.45) is -0.888. The molecule has 1 aliphatic rings. The van der Waals surface area contributed by atoms with Crippen LogP contribution in [0.25, 0.3) is 0 Å². The average molecular weight is 551 g/mol. The number of hydrogen-bond acceptors (Lipinski definition) is 7. The number of halogens is 3. The molecule has 2 heterocycles. The summed E-state index contributed by atoms with van der Waals surface area (Å²) in [6.45, 7) is 8.85. The molecule has 1 aliphatic heterocycles. The number of likely N-dealkylation sites (tertiary alicyclic amines) is 1. The quantitative estimate of drug-likeness (QED) is 0.272. The number of aromatic nitrogens is 1. The van der Waals surface area contributed by atoms with Gasteiger partial charge in [0.25, 0.3) is 5.56 Å². The SMILES string of the molecule is CCN(c1c(C)c(C=O)cc(NC)c1C=N)C1CCN(CC(F)(F)F)CC1.CNCc1c(C)cc(C)[nH]c1=O. The van der Waals surface area contributed by atoms with Crippen molar-refractivity contribution in [2.75, 3.05) is 50.5 Å². The molecule has 0 unspecified atom stereocenters. The van der Waals surface area contributed by atoms with Crippen LogP contribution in [0.5, 0.6) is 0 Å². The molecule has 0 amide bonds. The Morgan fingerprint density at radius 3 is 2.28 bits per heavy atom. The summed E-state index contributed by atoms with van der Waals surface area (Å²) in [5.41, 5.74) is 6.35. The van der Waals surface area contributed by atoms with E-state index in [-0.39, 0.29) is 11.6 Å². The van der Waals surface area contributed by atoms with E-state index in [1.54, 1.807) is 13.1 Å². The molecule has 0 saturated carbocycles. The van der Waals surface area contributed by atoms with Crippen LogP contribution in [0.1, 0.15) is 58.1 Å². The van der Waals surface area contributed by atoms with E-state index in [4.69, 9.17) is 5.41 Å². The number of aromatic amines is 1. The van der Waals surface area contributed by atoms with E-state index in [9.17, 15) is 22.8 Å². The monoisotopic (exact) mass is 550 g/mol. The van der Waals surface area contributed by atoms with Gasteiger partial charge in [-0.1, -0.05) is 0 Å². The maximum atomic E-state index is 12.6. The lowest BCUT2D eigenvalue weighted by molar-refractivity contribution is -0.147. The molecular weight excluding hydrogens is 509 g/mol. The summed E-state index contributed by atoms with van der Waals surface area (Å²) in [5.74, 6) is 0. The maximum absolute atomic E-state index is 12.6. The number of carbonyl (C=O) groups excluding carboxylic acids is 1. The summed E-state index contributed by atoms with van der Waals surface area (Å²) in [5, 5.41) is 13.9. The average Bonchev–Trinajstić information content (AvgIpc) is 2.87. The maximum Gasteiger partial charge on any atom is 0.401 e. The van der Waals surface area contributed by atoms with Crippen molar-refractivity contribution in [3.8, 4) is 0 Å². The Kier molecular flexibility index (Phi) is 11.7. The second kappa shape index (κ2) is 14.3. The second-order valence-electron chi connectivity index (χ2n) is 9.79. The lowest BCUT2D eigenvalue weighted by Gasteiger charge is -2.41. The van der Waals surface area contributed by atoms with Crippen LogP contribution >= 0.6 is 0 Å². The molecule has 0 aliphatic carbocycles. The van der Waals surface area contributed by atoms with Crippen LogP contribution in [0.2, 0.25) is 0 Å². The smallest absolute Gasteiger partial charge is 0.388 e. The molecule has 1 fully saturated rings. The zero-order valence-electron chi connectivity index (χ0n) is 23.7. The number of aldehydes is 1. The number of nitrogens with one attached hydrogen (secondary N) is 4. The molecule has 0 spiro atoms. The Morgan fingerprint density at radius 1 is 1.18 bits per heavy atom. The van der Waals surface area contributed by atoms with Crippen molar-refractivity contribution in [3.63, 3.8) is 0 Å². The van der Waals surface area contributed by atoms with Gasteiger partial charge < -0.3 is 25.9 Å². The van der Waals surface area contributed by atoms with E-state index in [2.05, 4.69) is 20.5 Å². The van der Waals surface area contributed by atoms with E-state index < -0.39 is 12.7 Å². The zero-order valence-corrected chi connectivity index (χ0v) is 23.7. The molecule has 0 bridgehead atoms. The van der Waals surface area contributed by atoms with E-state index in [0.29, 0.717) is 55.8 Å². The third-order valence-electron chi connectivity index (χ3n) is 7.05. The number of rotatable bonds is 9. The minimum absolute atomic E-state index is 0.0156. The molecule has 0 atom stereocenters. The summed E-state index contributed by atoms with van der Waals surface area (Å²) < 4.78 is 37.9. The first-order valence-corrected chi connectivity index (χ1v) is 13.1. The summed E-state index contributed by atoms with van der Waals surface area (Å²) in [7, 11) is 3.57. The largest absolute Gasteiger partial charge is 0.401 e. The Hall–Kier alpha value is -3.18. The molecule has 3 rings (SSSR count). The highest BCUT2D eigenvalue weighted by molar-refractivity contribution is 5.98. The number of alkyl halides is 3. The van der Waals surface area contributed by atoms with Crippen molar-refractivity contribution in [3.05, 3.63) is 56.0 Å². The highest BCUT2D eigenvalue weighted by Crippen LogP contribution is 2.35.